The molecule has 1 aliphatic heterocycles. The molecule has 0 saturated carbocycles. The maximum atomic E-state index is 13.4. The third kappa shape index (κ3) is 5.18. The highest BCUT2D eigenvalue weighted by molar-refractivity contribution is 7.90. The highest BCUT2D eigenvalue weighted by atomic mass is 32.2. The van der Waals surface area contributed by atoms with Gasteiger partial charge in [-0.2, -0.15) is 0 Å². The molecule has 0 N–H and O–H groups in total. The lowest BCUT2D eigenvalue weighted by Gasteiger charge is -2.42. The van der Waals surface area contributed by atoms with E-state index in [0.29, 0.717) is 29.9 Å². The van der Waals surface area contributed by atoms with Crippen molar-refractivity contribution in [3.8, 4) is 0 Å². The zero-order valence-electron chi connectivity index (χ0n) is 21.8. The molecular formula is C26H35N5O4S. The van der Waals surface area contributed by atoms with Crippen LogP contribution in [0.3, 0.4) is 0 Å². The molecule has 4 rings (SSSR count). The van der Waals surface area contributed by atoms with E-state index < -0.39 is 15.6 Å². The molecule has 0 unspecified atom stereocenters. The van der Waals surface area contributed by atoms with Crippen molar-refractivity contribution in [1.82, 2.24) is 18.8 Å². The summed E-state index contributed by atoms with van der Waals surface area (Å²) in [5, 5.41) is 0.649. The fourth-order valence-electron chi connectivity index (χ4n) is 4.65. The number of carbonyl (C=O) groups is 1. The number of piperidine rings is 1. The second kappa shape index (κ2) is 9.72. The molecule has 1 atom stereocenters. The predicted molar refractivity (Wildman–Crippen MR) is 140 cm³/mol. The molecule has 0 spiro atoms. The van der Waals surface area contributed by atoms with E-state index in [1.165, 1.54) is 16.5 Å². The maximum Gasteiger partial charge on any atom is 0.410 e. The Bertz CT molecular complexity index is 1340. The van der Waals surface area contributed by atoms with Crippen molar-refractivity contribution >= 4 is 33.0 Å². The minimum atomic E-state index is -3.83. The van der Waals surface area contributed by atoms with E-state index in [1.54, 1.807) is 35.2 Å². The van der Waals surface area contributed by atoms with Gasteiger partial charge in [0.25, 0.3) is 10.0 Å². The molecule has 3 aromatic rings. The number of anilines is 1. The molecule has 1 fully saturated rings. The quantitative estimate of drug-likeness (QED) is 0.492. The van der Waals surface area contributed by atoms with Crippen LogP contribution in [-0.2, 0) is 14.8 Å². The van der Waals surface area contributed by atoms with E-state index in [-0.39, 0.29) is 23.1 Å². The number of hydrogen-bond acceptors (Lipinski definition) is 7. The van der Waals surface area contributed by atoms with E-state index in [0.717, 1.165) is 18.4 Å². The van der Waals surface area contributed by atoms with Crippen LogP contribution in [-0.4, -0.2) is 64.1 Å². The minimum absolute atomic E-state index is 0.00132. The zero-order valence-corrected chi connectivity index (χ0v) is 22.6. The van der Waals surface area contributed by atoms with Crippen molar-refractivity contribution in [2.45, 2.75) is 77.0 Å². The monoisotopic (exact) mass is 513 g/mol. The topological polar surface area (TPSA) is 97.6 Å². The number of likely N-dealkylation sites (tertiary alicyclic amines) is 1. The largest absolute Gasteiger partial charge is 0.444 e. The Labute approximate surface area is 213 Å². The Kier molecular flexibility index (Phi) is 7.01. The number of nitrogens with zero attached hydrogens (tertiary/aromatic N) is 5. The highest BCUT2D eigenvalue weighted by Crippen LogP contribution is 2.32. The van der Waals surface area contributed by atoms with E-state index >= 15 is 0 Å². The van der Waals surface area contributed by atoms with Gasteiger partial charge in [0, 0.05) is 31.4 Å². The number of ether oxygens (including phenoxy) is 1. The van der Waals surface area contributed by atoms with Crippen LogP contribution in [0.2, 0.25) is 0 Å². The molecule has 1 saturated heterocycles. The molecule has 9 nitrogen and oxygen atoms in total. The van der Waals surface area contributed by atoms with Crippen molar-refractivity contribution in [1.29, 1.82) is 0 Å². The molecule has 1 aromatic carbocycles. The minimum Gasteiger partial charge on any atom is -0.444 e. The van der Waals surface area contributed by atoms with Crippen LogP contribution in [0.4, 0.5) is 10.6 Å². The van der Waals surface area contributed by atoms with Gasteiger partial charge in [-0.1, -0.05) is 17.7 Å². The first-order valence-corrected chi connectivity index (χ1v) is 13.7. The van der Waals surface area contributed by atoms with Crippen molar-refractivity contribution in [2.75, 3.05) is 18.0 Å². The summed E-state index contributed by atoms with van der Waals surface area (Å²) in [6, 6.07) is 8.57. The number of fused-ring (bicyclic) bond motifs is 1. The van der Waals surface area contributed by atoms with E-state index in [4.69, 9.17) is 4.74 Å². The molecule has 1 amide bonds. The van der Waals surface area contributed by atoms with Gasteiger partial charge in [0.05, 0.1) is 10.3 Å². The first-order chi connectivity index (χ1) is 16.9. The summed E-state index contributed by atoms with van der Waals surface area (Å²) in [5.74, 6) is 0.656. The van der Waals surface area contributed by atoms with Gasteiger partial charge in [-0.15, -0.1) is 0 Å². The Balaban J connectivity index is 1.70. The average Bonchev–Trinajstić information content (AvgIpc) is 3.24. The lowest BCUT2D eigenvalue weighted by atomic mass is 10.0. The van der Waals surface area contributed by atoms with Gasteiger partial charge in [-0.25, -0.2) is 27.2 Å². The Hall–Kier alpha value is -3.14. The summed E-state index contributed by atoms with van der Waals surface area (Å²) in [7, 11) is -3.83. The van der Waals surface area contributed by atoms with Crippen LogP contribution in [0.25, 0.3) is 11.0 Å². The fourth-order valence-corrected chi connectivity index (χ4v) is 5.95. The molecule has 3 heterocycles. The Morgan fingerprint density at radius 3 is 2.47 bits per heavy atom. The van der Waals surface area contributed by atoms with Crippen LogP contribution in [0.1, 0.15) is 53.0 Å². The predicted octanol–water partition coefficient (Wildman–Crippen LogP) is 4.59. The third-order valence-electron chi connectivity index (χ3n) is 6.25. The smallest absolute Gasteiger partial charge is 0.410 e. The van der Waals surface area contributed by atoms with Crippen LogP contribution < -0.4 is 4.90 Å². The van der Waals surface area contributed by atoms with E-state index in [2.05, 4.69) is 28.7 Å². The number of aryl methyl sites for hydroxylation is 1. The van der Waals surface area contributed by atoms with Crippen molar-refractivity contribution < 1.29 is 17.9 Å². The molecule has 194 valence electrons. The highest BCUT2D eigenvalue weighted by Gasteiger charge is 2.33. The lowest BCUT2D eigenvalue weighted by molar-refractivity contribution is 0.0195. The van der Waals surface area contributed by atoms with Gasteiger partial charge in [0.2, 0.25) is 0 Å². The Morgan fingerprint density at radius 1 is 1.14 bits per heavy atom. The maximum absolute atomic E-state index is 13.4. The number of amides is 1. The summed E-state index contributed by atoms with van der Waals surface area (Å²) in [5.41, 5.74) is 0.745. The summed E-state index contributed by atoms with van der Waals surface area (Å²) in [4.78, 5) is 25.8. The molecule has 0 aliphatic carbocycles. The average molecular weight is 514 g/mol. The van der Waals surface area contributed by atoms with Gasteiger partial charge in [-0.05, 0) is 72.6 Å². The first-order valence-electron chi connectivity index (χ1n) is 12.3. The molecule has 0 bridgehead atoms. The molecule has 36 heavy (non-hydrogen) atoms. The molecule has 2 aromatic heterocycles. The molecule has 1 aliphatic rings. The van der Waals surface area contributed by atoms with Gasteiger partial charge in [0.1, 0.15) is 17.7 Å². The van der Waals surface area contributed by atoms with Crippen LogP contribution in [0.5, 0.6) is 0 Å². The standard InChI is InChI=1S/C26H35N5O4S/c1-18(2)31(20-8-7-14-29(16-20)25(32)35-26(4,5)6)24-22-13-15-30(23(22)27-17-28-24)36(33,34)21-11-9-19(3)10-12-21/h9-13,15,17-18,20H,7-8,14,16H2,1-6H3/t20-/m0/s1. The summed E-state index contributed by atoms with van der Waals surface area (Å²) in [6.45, 7) is 12.8. The van der Waals surface area contributed by atoms with Gasteiger partial charge >= 0.3 is 6.09 Å². The van der Waals surface area contributed by atoms with E-state index in [9.17, 15) is 13.2 Å². The number of carbonyl (C=O) groups excluding carboxylic acids is 1. The summed E-state index contributed by atoms with van der Waals surface area (Å²) in [6.07, 6.45) is 4.34. The van der Waals surface area contributed by atoms with Crippen molar-refractivity contribution in [2.24, 2.45) is 0 Å². The van der Waals surface area contributed by atoms with Crippen LogP contribution in [0, 0.1) is 6.92 Å². The second-order valence-electron chi connectivity index (χ2n) is 10.6. The van der Waals surface area contributed by atoms with E-state index in [1.807, 2.05) is 27.7 Å². The van der Waals surface area contributed by atoms with Gasteiger partial charge in [-0.3, -0.25) is 0 Å². The number of rotatable bonds is 5. The third-order valence-corrected chi connectivity index (χ3v) is 7.93. The second-order valence-corrected chi connectivity index (χ2v) is 12.4. The van der Waals surface area contributed by atoms with Crippen LogP contribution in [0.15, 0.2) is 47.8 Å². The molecule has 10 heteroatoms. The Morgan fingerprint density at radius 2 is 1.83 bits per heavy atom. The summed E-state index contributed by atoms with van der Waals surface area (Å²) >= 11 is 0. The van der Waals surface area contributed by atoms with Crippen molar-refractivity contribution in [3.63, 3.8) is 0 Å². The SMILES string of the molecule is Cc1ccc(S(=O)(=O)n2ccc3c(N(C(C)C)[C@H]4CCCN(C(=O)OC(C)(C)C)C4)ncnc32)cc1. The summed E-state index contributed by atoms with van der Waals surface area (Å²) < 4.78 is 33.6. The lowest BCUT2D eigenvalue weighted by Crippen LogP contribution is -2.53. The number of aromatic nitrogens is 3. The first kappa shape index (κ1) is 25.9. The van der Waals surface area contributed by atoms with Gasteiger partial charge in [0.15, 0.2) is 5.65 Å². The normalized spacial score (nSPS) is 17.0. The van der Waals surface area contributed by atoms with Crippen molar-refractivity contribution in [3.05, 3.63) is 48.4 Å². The zero-order chi connectivity index (χ0) is 26.3. The fraction of sp³-hybridized carbons (Fsp3) is 0.500. The molecule has 0 radical (unpaired) electrons. The number of hydrogen-bond donors (Lipinski definition) is 0. The van der Waals surface area contributed by atoms with Crippen LogP contribution >= 0.6 is 0 Å². The van der Waals surface area contributed by atoms with Gasteiger partial charge < -0.3 is 14.5 Å². The number of benzene rings is 1. The molecular weight excluding hydrogens is 478 g/mol.